The lowest BCUT2D eigenvalue weighted by Gasteiger charge is -2.32. The molecule has 0 aromatic heterocycles. The molecule has 2 saturated heterocycles. The number of esters is 1. The standard InChI is InChI=1S/C21H27N3O5/c1-2-28-20(27)16-11-24(19(26)14-7-9-22-10-8-14)12-21(16)13-29-17-6-4-3-5-15(17)18(25)23-21/h3-6,14,16,22H,2,7-13H2,1H3,(H,23,25)/t16-,21-/m0/s1. The normalized spacial score (nSPS) is 27.0. The first-order chi connectivity index (χ1) is 14.0. The van der Waals surface area contributed by atoms with Crippen LogP contribution in [0.2, 0.25) is 0 Å². The van der Waals surface area contributed by atoms with Gasteiger partial charge < -0.3 is 25.0 Å². The van der Waals surface area contributed by atoms with Crippen LogP contribution in [0.1, 0.15) is 30.1 Å². The number of para-hydroxylation sites is 1. The molecule has 4 rings (SSSR count). The summed E-state index contributed by atoms with van der Waals surface area (Å²) in [5.74, 6) is -0.937. The zero-order valence-corrected chi connectivity index (χ0v) is 16.6. The molecule has 2 amide bonds. The van der Waals surface area contributed by atoms with Crippen LogP contribution in [0.4, 0.5) is 0 Å². The number of rotatable bonds is 3. The van der Waals surface area contributed by atoms with Crippen LogP contribution in [-0.2, 0) is 14.3 Å². The highest BCUT2D eigenvalue weighted by Gasteiger charge is 2.55. The minimum atomic E-state index is -1.01. The molecule has 0 bridgehead atoms. The van der Waals surface area contributed by atoms with Crippen molar-refractivity contribution in [2.45, 2.75) is 25.3 Å². The summed E-state index contributed by atoms with van der Waals surface area (Å²) in [5, 5.41) is 6.28. The topological polar surface area (TPSA) is 97.0 Å². The zero-order valence-electron chi connectivity index (χ0n) is 16.6. The lowest BCUT2D eigenvalue weighted by molar-refractivity contribution is -0.150. The second kappa shape index (κ2) is 8.02. The summed E-state index contributed by atoms with van der Waals surface area (Å²) in [6.07, 6.45) is 1.56. The van der Waals surface area contributed by atoms with Crippen LogP contribution < -0.4 is 15.4 Å². The number of amides is 2. The molecule has 0 aliphatic carbocycles. The number of nitrogens with zero attached hydrogens (tertiary/aromatic N) is 1. The van der Waals surface area contributed by atoms with Crippen molar-refractivity contribution in [3.63, 3.8) is 0 Å². The van der Waals surface area contributed by atoms with Gasteiger partial charge in [0.1, 0.15) is 23.8 Å². The van der Waals surface area contributed by atoms with E-state index >= 15 is 0 Å². The molecule has 1 spiro atoms. The van der Waals surface area contributed by atoms with Gasteiger partial charge in [0, 0.05) is 19.0 Å². The van der Waals surface area contributed by atoms with Crippen LogP contribution in [0.15, 0.2) is 24.3 Å². The third kappa shape index (κ3) is 3.69. The van der Waals surface area contributed by atoms with Crippen molar-refractivity contribution < 1.29 is 23.9 Å². The van der Waals surface area contributed by atoms with Crippen molar-refractivity contribution in [1.29, 1.82) is 0 Å². The first-order valence-corrected chi connectivity index (χ1v) is 10.2. The third-order valence-corrected chi connectivity index (χ3v) is 6.09. The monoisotopic (exact) mass is 401 g/mol. The summed E-state index contributed by atoms with van der Waals surface area (Å²) in [7, 11) is 0. The van der Waals surface area contributed by atoms with E-state index in [0.29, 0.717) is 11.3 Å². The number of hydrogen-bond donors (Lipinski definition) is 2. The van der Waals surface area contributed by atoms with Gasteiger partial charge >= 0.3 is 5.97 Å². The molecule has 0 saturated carbocycles. The minimum Gasteiger partial charge on any atom is -0.490 e. The number of carbonyl (C=O) groups is 3. The van der Waals surface area contributed by atoms with E-state index in [1.807, 2.05) is 0 Å². The van der Waals surface area contributed by atoms with Crippen LogP contribution >= 0.6 is 0 Å². The highest BCUT2D eigenvalue weighted by molar-refractivity contribution is 5.98. The average Bonchev–Trinajstić information content (AvgIpc) is 3.05. The molecule has 8 heteroatoms. The Hall–Kier alpha value is -2.61. The fraction of sp³-hybridized carbons (Fsp3) is 0.571. The number of benzene rings is 1. The Morgan fingerprint density at radius 3 is 2.79 bits per heavy atom. The van der Waals surface area contributed by atoms with Gasteiger partial charge in [0.25, 0.3) is 5.91 Å². The van der Waals surface area contributed by atoms with Crippen LogP contribution in [0.5, 0.6) is 5.75 Å². The van der Waals surface area contributed by atoms with Crippen molar-refractivity contribution in [2.24, 2.45) is 11.8 Å². The molecule has 3 aliphatic rings. The first kappa shape index (κ1) is 19.7. The van der Waals surface area contributed by atoms with E-state index in [0.717, 1.165) is 25.9 Å². The van der Waals surface area contributed by atoms with E-state index in [4.69, 9.17) is 9.47 Å². The quantitative estimate of drug-likeness (QED) is 0.719. The van der Waals surface area contributed by atoms with Crippen LogP contribution in [-0.4, -0.2) is 67.6 Å². The summed E-state index contributed by atoms with van der Waals surface area (Å²) in [6, 6.07) is 6.99. The van der Waals surface area contributed by atoms with E-state index in [2.05, 4.69) is 10.6 Å². The number of ether oxygens (including phenoxy) is 2. The Labute approximate surface area is 169 Å². The van der Waals surface area contributed by atoms with Crippen molar-refractivity contribution in [3.8, 4) is 5.75 Å². The molecule has 3 aliphatic heterocycles. The Balaban J connectivity index is 1.61. The lowest BCUT2D eigenvalue weighted by atomic mass is 9.87. The second-order valence-electron chi connectivity index (χ2n) is 7.94. The van der Waals surface area contributed by atoms with E-state index in [1.165, 1.54) is 0 Å². The smallest absolute Gasteiger partial charge is 0.313 e. The number of piperidine rings is 1. The number of hydrogen-bond acceptors (Lipinski definition) is 6. The maximum absolute atomic E-state index is 13.1. The van der Waals surface area contributed by atoms with Crippen LogP contribution in [0, 0.1) is 11.8 Å². The fourth-order valence-corrected chi connectivity index (χ4v) is 4.54. The Morgan fingerprint density at radius 1 is 1.28 bits per heavy atom. The summed E-state index contributed by atoms with van der Waals surface area (Å²) >= 11 is 0. The van der Waals surface area contributed by atoms with E-state index in [9.17, 15) is 14.4 Å². The van der Waals surface area contributed by atoms with Gasteiger partial charge in [-0.1, -0.05) is 12.1 Å². The third-order valence-electron chi connectivity index (χ3n) is 6.09. The molecule has 0 unspecified atom stereocenters. The van der Waals surface area contributed by atoms with Gasteiger partial charge in [-0.3, -0.25) is 14.4 Å². The SMILES string of the molecule is CCOC(=O)[C@@H]1CN(C(=O)C2CCNCC2)C[C@]12COc1ccccc1C(=O)N2. The zero-order chi connectivity index (χ0) is 20.4. The molecule has 3 heterocycles. The molecule has 1 aromatic carbocycles. The van der Waals surface area contributed by atoms with Crippen molar-refractivity contribution in [3.05, 3.63) is 29.8 Å². The van der Waals surface area contributed by atoms with Crippen LogP contribution in [0.25, 0.3) is 0 Å². The number of nitrogens with one attached hydrogen (secondary N) is 2. The number of fused-ring (bicyclic) bond motifs is 1. The molecule has 2 N–H and O–H groups in total. The molecule has 0 radical (unpaired) electrons. The van der Waals surface area contributed by atoms with Gasteiger partial charge in [0.05, 0.1) is 12.2 Å². The van der Waals surface area contributed by atoms with E-state index < -0.39 is 17.4 Å². The largest absolute Gasteiger partial charge is 0.490 e. The van der Waals surface area contributed by atoms with Crippen molar-refractivity contribution in [1.82, 2.24) is 15.5 Å². The molecule has 1 aromatic rings. The van der Waals surface area contributed by atoms with Gasteiger partial charge in [0.2, 0.25) is 5.91 Å². The van der Waals surface area contributed by atoms with Gasteiger partial charge in [-0.2, -0.15) is 0 Å². The molecule has 2 fully saturated rings. The van der Waals surface area contributed by atoms with Gasteiger partial charge in [-0.25, -0.2) is 0 Å². The Morgan fingerprint density at radius 2 is 2.03 bits per heavy atom. The highest BCUT2D eigenvalue weighted by atomic mass is 16.5. The molecule has 2 atom stereocenters. The minimum absolute atomic E-state index is 0.0358. The molecule has 156 valence electrons. The van der Waals surface area contributed by atoms with E-state index in [-0.39, 0.29) is 44.0 Å². The average molecular weight is 401 g/mol. The summed E-state index contributed by atoms with van der Waals surface area (Å²) in [5.41, 5.74) is -0.583. The predicted molar refractivity (Wildman–Crippen MR) is 104 cm³/mol. The first-order valence-electron chi connectivity index (χ1n) is 10.2. The predicted octanol–water partition coefficient (Wildman–Crippen LogP) is 0.569. The maximum atomic E-state index is 13.1. The van der Waals surface area contributed by atoms with Crippen molar-refractivity contribution in [2.75, 3.05) is 39.4 Å². The summed E-state index contributed by atoms with van der Waals surface area (Å²) in [4.78, 5) is 40.5. The summed E-state index contributed by atoms with van der Waals surface area (Å²) < 4.78 is 11.2. The van der Waals surface area contributed by atoms with Crippen molar-refractivity contribution >= 4 is 17.8 Å². The summed E-state index contributed by atoms with van der Waals surface area (Å²) in [6.45, 7) is 4.17. The van der Waals surface area contributed by atoms with Gasteiger partial charge in [-0.05, 0) is 45.0 Å². The Bertz CT molecular complexity index is 807. The van der Waals surface area contributed by atoms with Gasteiger partial charge in [-0.15, -0.1) is 0 Å². The van der Waals surface area contributed by atoms with Crippen LogP contribution in [0.3, 0.4) is 0 Å². The van der Waals surface area contributed by atoms with E-state index in [1.54, 1.807) is 36.1 Å². The molecular weight excluding hydrogens is 374 g/mol. The molecule has 29 heavy (non-hydrogen) atoms. The number of carbonyl (C=O) groups excluding carboxylic acids is 3. The fourth-order valence-electron chi connectivity index (χ4n) is 4.54. The lowest BCUT2D eigenvalue weighted by Crippen LogP contribution is -2.59. The maximum Gasteiger partial charge on any atom is 0.313 e. The van der Waals surface area contributed by atoms with Gasteiger partial charge in [0.15, 0.2) is 0 Å². The molecule has 8 nitrogen and oxygen atoms in total. The second-order valence-corrected chi connectivity index (χ2v) is 7.94. The number of likely N-dealkylation sites (tertiary alicyclic amines) is 1. The molecular formula is C21H27N3O5. The highest BCUT2D eigenvalue weighted by Crippen LogP contribution is 2.35. The Kier molecular flexibility index (Phi) is 5.45.